The van der Waals surface area contributed by atoms with Gasteiger partial charge >= 0.3 is 0 Å². The Hall–Kier alpha value is -1.39. The number of morpholine rings is 1. The van der Waals surface area contributed by atoms with Crippen LogP contribution in [0.2, 0.25) is 0 Å². The van der Waals surface area contributed by atoms with Crippen LogP contribution < -0.4 is 5.32 Å². The molecule has 110 valence electrons. The van der Waals surface area contributed by atoms with Gasteiger partial charge in [-0.3, -0.25) is 9.69 Å². The van der Waals surface area contributed by atoms with E-state index in [4.69, 9.17) is 4.74 Å². The molecule has 1 heterocycles. The zero-order chi connectivity index (χ0) is 14.7. The number of amides is 1. The second-order valence-electron chi connectivity index (χ2n) is 5.80. The lowest BCUT2D eigenvalue weighted by Crippen LogP contribution is -2.48. The summed E-state index contributed by atoms with van der Waals surface area (Å²) in [6.45, 7) is 10.3. The van der Waals surface area contributed by atoms with Crippen LogP contribution >= 0.6 is 0 Å². The number of anilines is 1. The summed E-state index contributed by atoms with van der Waals surface area (Å²) >= 11 is 0. The fraction of sp³-hybridized carbons (Fsp3) is 0.562. The summed E-state index contributed by atoms with van der Waals surface area (Å²) in [6.07, 6.45) is 0.376. The molecule has 20 heavy (non-hydrogen) atoms. The normalized spacial score (nSPS) is 23.6. The molecule has 0 radical (unpaired) electrons. The molecule has 0 spiro atoms. The van der Waals surface area contributed by atoms with Crippen LogP contribution in [0.5, 0.6) is 0 Å². The standard InChI is InChI=1S/C16H24N2O2/c1-11-5-6-15(7-12(11)2)17-16(19)10-18-8-13(3)20-14(4)9-18/h5-7,13-14H,8-10H2,1-4H3,(H,17,19)/t13-,14-/m1/s1. The molecular formula is C16H24N2O2. The van der Waals surface area contributed by atoms with Crippen molar-refractivity contribution in [3.8, 4) is 0 Å². The largest absolute Gasteiger partial charge is 0.373 e. The molecule has 1 saturated heterocycles. The first-order valence-electron chi connectivity index (χ1n) is 7.19. The summed E-state index contributed by atoms with van der Waals surface area (Å²) in [7, 11) is 0. The molecule has 1 fully saturated rings. The third-order valence-electron chi connectivity index (χ3n) is 3.65. The molecule has 1 aliphatic heterocycles. The third-order valence-corrected chi connectivity index (χ3v) is 3.65. The van der Waals surface area contributed by atoms with E-state index in [1.54, 1.807) is 0 Å². The molecule has 1 aromatic carbocycles. The van der Waals surface area contributed by atoms with Crippen LogP contribution in [0.3, 0.4) is 0 Å². The maximum Gasteiger partial charge on any atom is 0.238 e. The second-order valence-corrected chi connectivity index (χ2v) is 5.80. The van der Waals surface area contributed by atoms with Crippen molar-refractivity contribution in [2.24, 2.45) is 0 Å². The van der Waals surface area contributed by atoms with Gasteiger partial charge < -0.3 is 10.1 Å². The summed E-state index contributed by atoms with van der Waals surface area (Å²) in [5.74, 6) is 0.0366. The van der Waals surface area contributed by atoms with Gasteiger partial charge in [-0.15, -0.1) is 0 Å². The number of carbonyl (C=O) groups excluding carboxylic acids is 1. The minimum atomic E-state index is 0.0366. The number of hydrogen-bond donors (Lipinski definition) is 1. The van der Waals surface area contributed by atoms with E-state index in [0.717, 1.165) is 18.8 Å². The van der Waals surface area contributed by atoms with Crippen LogP contribution in [0.15, 0.2) is 18.2 Å². The molecule has 1 aliphatic rings. The van der Waals surface area contributed by atoms with Crippen molar-refractivity contribution in [2.75, 3.05) is 25.0 Å². The van der Waals surface area contributed by atoms with Gasteiger partial charge in [-0.1, -0.05) is 6.07 Å². The van der Waals surface area contributed by atoms with E-state index in [-0.39, 0.29) is 18.1 Å². The van der Waals surface area contributed by atoms with E-state index in [1.807, 2.05) is 32.0 Å². The summed E-state index contributed by atoms with van der Waals surface area (Å²) < 4.78 is 5.67. The first kappa shape index (κ1) is 15.0. The molecule has 4 nitrogen and oxygen atoms in total. The second kappa shape index (κ2) is 6.37. The zero-order valence-electron chi connectivity index (χ0n) is 12.8. The van der Waals surface area contributed by atoms with Crippen LogP contribution in [0.4, 0.5) is 5.69 Å². The predicted octanol–water partition coefficient (Wildman–Crippen LogP) is 2.35. The van der Waals surface area contributed by atoms with Crippen molar-refractivity contribution in [3.63, 3.8) is 0 Å². The lowest BCUT2D eigenvalue weighted by atomic mass is 10.1. The highest BCUT2D eigenvalue weighted by Gasteiger charge is 2.23. The van der Waals surface area contributed by atoms with Crippen molar-refractivity contribution in [2.45, 2.75) is 39.9 Å². The summed E-state index contributed by atoms with van der Waals surface area (Å²) in [4.78, 5) is 14.2. The summed E-state index contributed by atoms with van der Waals surface area (Å²) in [6, 6.07) is 5.99. The molecular weight excluding hydrogens is 252 g/mol. The monoisotopic (exact) mass is 276 g/mol. The quantitative estimate of drug-likeness (QED) is 0.921. The number of nitrogens with zero attached hydrogens (tertiary/aromatic N) is 1. The van der Waals surface area contributed by atoms with Crippen LogP contribution in [0, 0.1) is 13.8 Å². The Labute approximate surface area is 121 Å². The highest BCUT2D eigenvalue weighted by molar-refractivity contribution is 5.92. The highest BCUT2D eigenvalue weighted by Crippen LogP contribution is 2.15. The summed E-state index contributed by atoms with van der Waals surface area (Å²) in [5, 5.41) is 2.97. The Morgan fingerprint density at radius 2 is 1.90 bits per heavy atom. The first-order valence-corrected chi connectivity index (χ1v) is 7.19. The van der Waals surface area contributed by atoms with Crippen molar-refractivity contribution in [1.29, 1.82) is 0 Å². The van der Waals surface area contributed by atoms with Gasteiger partial charge in [0.25, 0.3) is 0 Å². The van der Waals surface area contributed by atoms with Gasteiger partial charge in [0.1, 0.15) is 0 Å². The number of ether oxygens (including phenoxy) is 1. The number of nitrogens with one attached hydrogen (secondary N) is 1. The average molecular weight is 276 g/mol. The highest BCUT2D eigenvalue weighted by atomic mass is 16.5. The fourth-order valence-corrected chi connectivity index (χ4v) is 2.64. The van der Waals surface area contributed by atoms with Gasteiger partial charge in [0, 0.05) is 18.8 Å². The smallest absolute Gasteiger partial charge is 0.238 e. The van der Waals surface area contributed by atoms with Crippen molar-refractivity contribution >= 4 is 11.6 Å². The number of rotatable bonds is 3. The van der Waals surface area contributed by atoms with E-state index < -0.39 is 0 Å². The van der Waals surface area contributed by atoms with Crippen molar-refractivity contribution < 1.29 is 9.53 Å². The maximum atomic E-state index is 12.1. The SMILES string of the molecule is Cc1ccc(NC(=O)CN2C[C@@H](C)O[C@H](C)C2)cc1C. The molecule has 1 aromatic rings. The van der Waals surface area contributed by atoms with Gasteiger partial charge in [-0.2, -0.15) is 0 Å². The van der Waals surface area contributed by atoms with Gasteiger partial charge in [0.15, 0.2) is 0 Å². The summed E-state index contributed by atoms with van der Waals surface area (Å²) in [5.41, 5.74) is 3.29. The maximum absolute atomic E-state index is 12.1. The van der Waals surface area contributed by atoms with E-state index in [9.17, 15) is 4.79 Å². The molecule has 0 bridgehead atoms. The van der Waals surface area contributed by atoms with E-state index in [1.165, 1.54) is 11.1 Å². The van der Waals surface area contributed by atoms with Gasteiger partial charge in [0.2, 0.25) is 5.91 Å². The lowest BCUT2D eigenvalue weighted by molar-refractivity contribution is -0.121. The minimum absolute atomic E-state index is 0.0366. The number of benzene rings is 1. The molecule has 2 rings (SSSR count). The minimum Gasteiger partial charge on any atom is -0.373 e. The Balaban J connectivity index is 1.90. The third kappa shape index (κ3) is 4.05. The van der Waals surface area contributed by atoms with E-state index >= 15 is 0 Å². The first-order chi connectivity index (χ1) is 9.44. The van der Waals surface area contributed by atoms with Gasteiger partial charge in [-0.05, 0) is 51.0 Å². The molecule has 2 atom stereocenters. The lowest BCUT2D eigenvalue weighted by Gasteiger charge is -2.34. The van der Waals surface area contributed by atoms with E-state index in [2.05, 4.69) is 24.1 Å². The topological polar surface area (TPSA) is 41.6 Å². The molecule has 1 amide bonds. The van der Waals surface area contributed by atoms with Crippen molar-refractivity contribution in [3.05, 3.63) is 29.3 Å². The van der Waals surface area contributed by atoms with Crippen LogP contribution in [-0.2, 0) is 9.53 Å². The van der Waals surface area contributed by atoms with Crippen LogP contribution in [0.1, 0.15) is 25.0 Å². The molecule has 0 saturated carbocycles. The van der Waals surface area contributed by atoms with E-state index in [0.29, 0.717) is 6.54 Å². The number of aryl methyl sites for hydroxylation is 2. The number of hydrogen-bond acceptors (Lipinski definition) is 3. The Morgan fingerprint density at radius 3 is 2.50 bits per heavy atom. The Kier molecular flexibility index (Phi) is 4.78. The van der Waals surface area contributed by atoms with Gasteiger partial charge in [0.05, 0.1) is 18.8 Å². The molecule has 1 N–H and O–H groups in total. The number of carbonyl (C=O) groups is 1. The molecule has 0 unspecified atom stereocenters. The molecule has 4 heteroatoms. The molecule has 0 aliphatic carbocycles. The predicted molar refractivity (Wildman–Crippen MR) is 81.0 cm³/mol. The fourth-order valence-electron chi connectivity index (χ4n) is 2.64. The average Bonchev–Trinajstić information content (AvgIpc) is 2.32. The zero-order valence-corrected chi connectivity index (χ0v) is 12.8. The Morgan fingerprint density at radius 1 is 1.25 bits per heavy atom. The van der Waals surface area contributed by atoms with Crippen LogP contribution in [0.25, 0.3) is 0 Å². The van der Waals surface area contributed by atoms with Crippen molar-refractivity contribution in [1.82, 2.24) is 4.90 Å². The Bertz CT molecular complexity index is 477. The van der Waals surface area contributed by atoms with Gasteiger partial charge in [-0.25, -0.2) is 0 Å². The molecule has 0 aromatic heterocycles. The van der Waals surface area contributed by atoms with Crippen LogP contribution in [-0.4, -0.2) is 42.6 Å².